The van der Waals surface area contributed by atoms with Crippen LogP contribution in [0.2, 0.25) is 0 Å². The SMILES string of the molecule is CC(=O)Nc1cc(NC(=O)c2cccc([N+](=O)[O-])c2)ccc1C. The Morgan fingerprint density at radius 3 is 2.48 bits per heavy atom. The summed E-state index contributed by atoms with van der Waals surface area (Å²) in [6.45, 7) is 3.23. The van der Waals surface area contributed by atoms with Crippen molar-refractivity contribution in [1.29, 1.82) is 0 Å². The second-order valence-electron chi connectivity index (χ2n) is 4.97. The van der Waals surface area contributed by atoms with E-state index in [1.54, 1.807) is 18.2 Å². The van der Waals surface area contributed by atoms with E-state index >= 15 is 0 Å². The molecule has 2 rings (SSSR count). The summed E-state index contributed by atoms with van der Waals surface area (Å²) >= 11 is 0. The highest BCUT2D eigenvalue weighted by molar-refractivity contribution is 6.05. The number of hydrogen-bond acceptors (Lipinski definition) is 4. The lowest BCUT2D eigenvalue weighted by atomic mass is 10.1. The van der Waals surface area contributed by atoms with Gasteiger partial charge < -0.3 is 10.6 Å². The monoisotopic (exact) mass is 313 g/mol. The first-order chi connectivity index (χ1) is 10.9. The van der Waals surface area contributed by atoms with Gasteiger partial charge in [0.2, 0.25) is 5.91 Å². The third-order valence-electron chi connectivity index (χ3n) is 3.13. The fourth-order valence-corrected chi connectivity index (χ4v) is 1.99. The Morgan fingerprint density at radius 1 is 1.09 bits per heavy atom. The van der Waals surface area contributed by atoms with E-state index in [-0.39, 0.29) is 17.2 Å². The van der Waals surface area contributed by atoms with E-state index < -0.39 is 10.8 Å². The van der Waals surface area contributed by atoms with E-state index in [1.165, 1.54) is 31.2 Å². The van der Waals surface area contributed by atoms with E-state index in [4.69, 9.17) is 0 Å². The number of nitro groups is 1. The molecule has 0 saturated carbocycles. The van der Waals surface area contributed by atoms with Gasteiger partial charge in [-0.05, 0) is 30.7 Å². The van der Waals surface area contributed by atoms with Crippen molar-refractivity contribution in [3.8, 4) is 0 Å². The van der Waals surface area contributed by atoms with E-state index in [9.17, 15) is 19.7 Å². The van der Waals surface area contributed by atoms with Gasteiger partial charge in [0.05, 0.1) is 4.92 Å². The van der Waals surface area contributed by atoms with Gasteiger partial charge in [-0.25, -0.2) is 0 Å². The van der Waals surface area contributed by atoms with Crippen LogP contribution in [0.3, 0.4) is 0 Å². The molecule has 0 spiro atoms. The summed E-state index contributed by atoms with van der Waals surface area (Å²) in [5.41, 5.74) is 1.96. The predicted octanol–water partition coefficient (Wildman–Crippen LogP) is 3.11. The number of aryl methyl sites for hydroxylation is 1. The number of benzene rings is 2. The topological polar surface area (TPSA) is 101 Å². The highest BCUT2D eigenvalue weighted by Crippen LogP contribution is 2.21. The summed E-state index contributed by atoms with van der Waals surface area (Å²) in [6.07, 6.45) is 0. The van der Waals surface area contributed by atoms with Crippen molar-refractivity contribution in [2.24, 2.45) is 0 Å². The maximum absolute atomic E-state index is 12.2. The van der Waals surface area contributed by atoms with Gasteiger partial charge in [0.15, 0.2) is 0 Å². The zero-order chi connectivity index (χ0) is 17.0. The number of nitrogens with zero attached hydrogens (tertiary/aromatic N) is 1. The summed E-state index contributed by atoms with van der Waals surface area (Å²) in [5.74, 6) is -0.679. The molecule has 0 bridgehead atoms. The second-order valence-corrected chi connectivity index (χ2v) is 4.97. The molecular formula is C16H15N3O4. The predicted molar refractivity (Wildman–Crippen MR) is 86.5 cm³/mol. The van der Waals surface area contributed by atoms with Crippen LogP contribution in [0.5, 0.6) is 0 Å². The van der Waals surface area contributed by atoms with Crippen molar-refractivity contribution >= 4 is 28.9 Å². The molecule has 2 amide bonds. The Kier molecular flexibility index (Phi) is 4.70. The number of amides is 2. The van der Waals surface area contributed by atoms with Crippen LogP contribution < -0.4 is 10.6 Å². The summed E-state index contributed by atoms with van der Waals surface area (Å²) in [7, 11) is 0. The van der Waals surface area contributed by atoms with Crippen LogP contribution in [0.1, 0.15) is 22.8 Å². The molecule has 0 aliphatic rings. The molecule has 0 aromatic heterocycles. The molecule has 0 atom stereocenters. The van der Waals surface area contributed by atoms with Crippen LogP contribution >= 0.6 is 0 Å². The molecule has 2 aromatic rings. The van der Waals surface area contributed by atoms with Crippen molar-refractivity contribution in [3.05, 3.63) is 63.7 Å². The lowest BCUT2D eigenvalue weighted by molar-refractivity contribution is -0.384. The van der Waals surface area contributed by atoms with Crippen molar-refractivity contribution in [2.75, 3.05) is 10.6 Å². The van der Waals surface area contributed by atoms with E-state index in [2.05, 4.69) is 10.6 Å². The van der Waals surface area contributed by atoms with Crippen molar-refractivity contribution in [2.45, 2.75) is 13.8 Å². The van der Waals surface area contributed by atoms with Crippen molar-refractivity contribution < 1.29 is 14.5 Å². The largest absolute Gasteiger partial charge is 0.326 e. The third-order valence-corrected chi connectivity index (χ3v) is 3.13. The molecule has 0 heterocycles. The molecule has 0 fully saturated rings. The van der Waals surface area contributed by atoms with Gasteiger partial charge in [0, 0.05) is 36.0 Å². The summed E-state index contributed by atoms with van der Waals surface area (Å²) in [6, 6.07) is 10.5. The fraction of sp³-hybridized carbons (Fsp3) is 0.125. The number of carbonyl (C=O) groups excluding carboxylic acids is 2. The van der Waals surface area contributed by atoms with Crippen molar-refractivity contribution in [1.82, 2.24) is 0 Å². The number of nitrogens with one attached hydrogen (secondary N) is 2. The highest BCUT2D eigenvalue weighted by Gasteiger charge is 2.12. The minimum atomic E-state index is -0.558. The Labute approximate surface area is 132 Å². The molecule has 23 heavy (non-hydrogen) atoms. The quantitative estimate of drug-likeness (QED) is 0.668. The molecule has 0 aliphatic carbocycles. The van der Waals surface area contributed by atoms with Gasteiger partial charge in [-0.1, -0.05) is 12.1 Å². The number of anilines is 2. The fourth-order valence-electron chi connectivity index (χ4n) is 1.99. The number of carbonyl (C=O) groups is 2. The molecule has 7 nitrogen and oxygen atoms in total. The number of hydrogen-bond donors (Lipinski definition) is 2. The molecule has 7 heteroatoms. The van der Waals surface area contributed by atoms with Crippen LogP contribution in [0.4, 0.5) is 17.1 Å². The van der Waals surface area contributed by atoms with Gasteiger partial charge in [-0.15, -0.1) is 0 Å². The van der Waals surface area contributed by atoms with Crippen LogP contribution in [-0.4, -0.2) is 16.7 Å². The average molecular weight is 313 g/mol. The van der Waals surface area contributed by atoms with Crippen LogP contribution in [0, 0.1) is 17.0 Å². The maximum atomic E-state index is 12.2. The van der Waals surface area contributed by atoms with Gasteiger partial charge in [0.1, 0.15) is 0 Å². The molecule has 118 valence electrons. The Hall–Kier alpha value is -3.22. The molecule has 0 saturated heterocycles. The summed E-state index contributed by atoms with van der Waals surface area (Å²) < 4.78 is 0. The molecule has 2 N–H and O–H groups in total. The Balaban J connectivity index is 2.21. The second kappa shape index (κ2) is 6.69. The van der Waals surface area contributed by atoms with Crippen molar-refractivity contribution in [3.63, 3.8) is 0 Å². The standard InChI is InChI=1S/C16H15N3O4/c1-10-6-7-13(9-15(10)17-11(2)20)18-16(21)12-4-3-5-14(8-12)19(22)23/h3-9H,1-2H3,(H,17,20)(H,18,21). The lowest BCUT2D eigenvalue weighted by Crippen LogP contribution is -2.13. The normalized spacial score (nSPS) is 10.0. The Bertz CT molecular complexity index is 787. The number of nitro benzene ring substituents is 1. The van der Waals surface area contributed by atoms with Gasteiger partial charge >= 0.3 is 0 Å². The molecule has 2 aromatic carbocycles. The van der Waals surface area contributed by atoms with Crippen LogP contribution in [0.25, 0.3) is 0 Å². The minimum Gasteiger partial charge on any atom is -0.326 e. The van der Waals surface area contributed by atoms with Gasteiger partial charge in [-0.2, -0.15) is 0 Å². The van der Waals surface area contributed by atoms with Crippen LogP contribution in [-0.2, 0) is 4.79 Å². The maximum Gasteiger partial charge on any atom is 0.270 e. The number of non-ortho nitro benzene ring substituents is 1. The molecular weight excluding hydrogens is 298 g/mol. The van der Waals surface area contributed by atoms with E-state index in [1.807, 2.05) is 6.92 Å². The first kappa shape index (κ1) is 16.2. The van der Waals surface area contributed by atoms with E-state index in [0.717, 1.165) is 5.56 Å². The Morgan fingerprint density at radius 2 is 1.83 bits per heavy atom. The zero-order valence-electron chi connectivity index (χ0n) is 12.6. The smallest absolute Gasteiger partial charge is 0.270 e. The molecule has 0 unspecified atom stereocenters. The summed E-state index contributed by atoms with van der Waals surface area (Å²) in [5, 5.41) is 16.1. The first-order valence-electron chi connectivity index (χ1n) is 6.81. The number of rotatable bonds is 4. The van der Waals surface area contributed by atoms with Gasteiger partial charge in [-0.3, -0.25) is 19.7 Å². The first-order valence-corrected chi connectivity index (χ1v) is 6.81. The zero-order valence-corrected chi connectivity index (χ0v) is 12.6. The van der Waals surface area contributed by atoms with Crippen LogP contribution in [0.15, 0.2) is 42.5 Å². The highest BCUT2D eigenvalue weighted by atomic mass is 16.6. The molecule has 0 aliphatic heterocycles. The minimum absolute atomic E-state index is 0.152. The van der Waals surface area contributed by atoms with E-state index in [0.29, 0.717) is 11.4 Å². The third kappa shape index (κ3) is 4.13. The average Bonchev–Trinajstić information content (AvgIpc) is 2.50. The van der Waals surface area contributed by atoms with Gasteiger partial charge in [0.25, 0.3) is 11.6 Å². The molecule has 0 radical (unpaired) electrons. The summed E-state index contributed by atoms with van der Waals surface area (Å²) in [4.78, 5) is 33.5. The lowest BCUT2D eigenvalue weighted by Gasteiger charge is -2.10.